The number of hydrogen-bond acceptors (Lipinski definition) is 6. The number of hydrogen-bond donors (Lipinski definition) is 2. The van der Waals surface area contributed by atoms with E-state index < -0.39 is 17.8 Å². The van der Waals surface area contributed by atoms with Gasteiger partial charge in [0.15, 0.2) is 0 Å². The summed E-state index contributed by atoms with van der Waals surface area (Å²) in [6.07, 6.45) is -4.02. The van der Waals surface area contributed by atoms with Crippen molar-refractivity contribution >= 4 is 29.1 Å². The molecular formula is C21H24ClF3N6O2. The lowest BCUT2D eigenvalue weighted by molar-refractivity contribution is -0.137. The van der Waals surface area contributed by atoms with E-state index in [1.54, 1.807) is 16.7 Å². The Morgan fingerprint density at radius 2 is 1.91 bits per heavy atom. The topological polar surface area (TPSA) is 96.6 Å². The molecule has 0 radical (unpaired) electrons. The molecule has 178 valence electrons. The minimum absolute atomic E-state index is 0.0125. The zero-order valence-corrected chi connectivity index (χ0v) is 18.7. The Kier molecular flexibility index (Phi) is 6.53. The number of halogens is 4. The van der Waals surface area contributed by atoms with Crippen LogP contribution in [0.15, 0.2) is 18.2 Å². The SMILES string of the molecule is C[C@@H](Nc1nc(Cl)nc2c1CN(C(=O)N1CCOCC1)CC2)c1cc(N)cc(C(F)(F)F)c1. The highest BCUT2D eigenvalue weighted by Crippen LogP contribution is 2.34. The first kappa shape index (κ1) is 23.4. The van der Waals surface area contributed by atoms with Crippen LogP contribution in [0.25, 0.3) is 0 Å². The number of anilines is 2. The van der Waals surface area contributed by atoms with E-state index in [-0.39, 0.29) is 23.5 Å². The quantitative estimate of drug-likeness (QED) is 0.509. The maximum Gasteiger partial charge on any atom is 0.416 e. The van der Waals surface area contributed by atoms with Crippen LogP contribution in [0.4, 0.5) is 29.5 Å². The van der Waals surface area contributed by atoms with Gasteiger partial charge in [0.2, 0.25) is 5.28 Å². The normalized spacial score (nSPS) is 17.5. The Bertz CT molecular complexity index is 1050. The molecule has 1 atom stereocenters. The lowest BCUT2D eigenvalue weighted by atomic mass is 10.0. The second kappa shape index (κ2) is 9.22. The molecular weight excluding hydrogens is 461 g/mol. The number of amides is 2. The number of alkyl halides is 3. The molecule has 12 heteroatoms. The number of morpholine rings is 1. The molecule has 0 saturated carbocycles. The van der Waals surface area contributed by atoms with Crippen LogP contribution in [0.1, 0.15) is 35.3 Å². The average molecular weight is 485 g/mol. The Morgan fingerprint density at radius 1 is 1.18 bits per heavy atom. The number of carbonyl (C=O) groups excluding carboxylic acids is 1. The molecule has 0 unspecified atom stereocenters. The first-order chi connectivity index (χ1) is 15.6. The average Bonchev–Trinajstić information content (AvgIpc) is 2.78. The molecule has 2 aliphatic rings. The molecule has 8 nitrogen and oxygen atoms in total. The molecule has 2 aliphatic heterocycles. The van der Waals surface area contributed by atoms with E-state index in [4.69, 9.17) is 22.1 Å². The highest BCUT2D eigenvalue weighted by molar-refractivity contribution is 6.28. The molecule has 33 heavy (non-hydrogen) atoms. The van der Waals surface area contributed by atoms with Gasteiger partial charge in [0.05, 0.1) is 37.1 Å². The fourth-order valence-corrected chi connectivity index (χ4v) is 4.19. The second-order valence-electron chi connectivity index (χ2n) is 8.07. The molecule has 3 N–H and O–H groups in total. The number of nitrogens with zero attached hydrogens (tertiary/aromatic N) is 4. The molecule has 0 spiro atoms. The van der Waals surface area contributed by atoms with Crippen LogP contribution in [-0.2, 0) is 23.9 Å². The van der Waals surface area contributed by atoms with Crippen molar-refractivity contribution in [1.29, 1.82) is 0 Å². The lowest BCUT2D eigenvalue weighted by Gasteiger charge is -2.35. The summed E-state index contributed by atoms with van der Waals surface area (Å²) in [6.45, 7) is 4.50. The predicted octanol–water partition coefficient (Wildman–Crippen LogP) is 3.71. The first-order valence-corrected chi connectivity index (χ1v) is 10.9. The molecule has 1 aromatic carbocycles. The molecule has 1 aromatic heterocycles. The van der Waals surface area contributed by atoms with Gasteiger partial charge < -0.3 is 25.6 Å². The highest BCUT2D eigenvalue weighted by atomic mass is 35.5. The van der Waals surface area contributed by atoms with Gasteiger partial charge >= 0.3 is 12.2 Å². The number of carbonyl (C=O) groups is 1. The van der Waals surface area contributed by atoms with Gasteiger partial charge in [-0.2, -0.15) is 13.2 Å². The molecule has 0 bridgehead atoms. The van der Waals surface area contributed by atoms with Crippen molar-refractivity contribution < 1.29 is 22.7 Å². The molecule has 3 heterocycles. The van der Waals surface area contributed by atoms with Crippen molar-refractivity contribution in [3.8, 4) is 0 Å². The first-order valence-electron chi connectivity index (χ1n) is 10.5. The summed E-state index contributed by atoms with van der Waals surface area (Å²) < 4.78 is 45.0. The summed E-state index contributed by atoms with van der Waals surface area (Å²) >= 11 is 6.11. The Morgan fingerprint density at radius 3 is 2.61 bits per heavy atom. The number of rotatable bonds is 3. The fraction of sp³-hybridized carbons (Fsp3) is 0.476. The van der Waals surface area contributed by atoms with Crippen molar-refractivity contribution in [2.24, 2.45) is 0 Å². The van der Waals surface area contributed by atoms with Crippen LogP contribution >= 0.6 is 11.6 Å². The number of ether oxygens (including phenoxy) is 1. The largest absolute Gasteiger partial charge is 0.416 e. The smallest absolute Gasteiger partial charge is 0.399 e. The Hall–Kier alpha value is -2.79. The van der Waals surface area contributed by atoms with Crippen molar-refractivity contribution in [3.05, 3.63) is 45.9 Å². The molecule has 2 aromatic rings. The minimum Gasteiger partial charge on any atom is -0.399 e. The Labute approximate surface area is 193 Å². The maximum absolute atomic E-state index is 13.2. The zero-order chi connectivity index (χ0) is 23.8. The monoisotopic (exact) mass is 484 g/mol. The third kappa shape index (κ3) is 5.25. The number of nitrogens with two attached hydrogens (primary N) is 1. The van der Waals surface area contributed by atoms with Gasteiger partial charge in [-0.05, 0) is 42.3 Å². The fourth-order valence-electron chi connectivity index (χ4n) is 4.00. The molecule has 2 amide bonds. The molecule has 0 aliphatic carbocycles. The summed E-state index contributed by atoms with van der Waals surface area (Å²) in [5, 5.41) is 3.17. The van der Waals surface area contributed by atoms with Crippen LogP contribution in [-0.4, -0.2) is 58.6 Å². The summed E-state index contributed by atoms with van der Waals surface area (Å²) in [6, 6.07) is 2.78. The van der Waals surface area contributed by atoms with Crippen molar-refractivity contribution in [3.63, 3.8) is 0 Å². The van der Waals surface area contributed by atoms with E-state index in [9.17, 15) is 18.0 Å². The van der Waals surface area contributed by atoms with E-state index >= 15 is 0 Å². The van der Waals surface area contributed by atoms with E-state index in [0.717, 1.165) is 12.1 Å². The summed E-state index contributed by atoms with van der Waals surface area (Å²) in [5.41, 5.74) is 6.65. The van der Waals surface area contributed by atoms with Gasteiger partial charge in [-0.15, -0.1) is 0 Å². The summed E-state index contributed by atoms with van der Waals surface area (Å²) in [5.74, 6) is 0.382. The van der Waals surface area contributed by atoms with Crippen LogP contribution in [0.2, 0.25) is 5.28 Å². The van der Waals surface area contributed by atoms with Crippen molar-refractivity contribution in [1.82, 2.24) is 19.8 Å². The predicted molar refractivity (Wildman–Crippen MR) is 117 cm³/mol. The van der Waals surface area contributed by atoms with E-state index in [2.05, 4.69) is 15.3 Å². The van der Waals surface area contributed by atoms with Crippen LogP contribution in [0, 0.1) is 0 Å². The van der Waals surface area contributed by atoms with Crippen molar-refractivity contribution in [2.45, 2.75) is 32.1 Å². The number of aromatic nitrogens is 2. The van der Waals surface area contributed by atoms with Gasteiger partial charge in [-0.3, -0.25) is 0 Å². The number of benzene rings is 1. The number of nitrogen functional groups attached to an aromatic ring is 1. The Balaban J connectivity index is 1.58. The molecule has 1 fully saturated rings. The number of nitrogens with one attached hydrogen (secondary N) is 1. The second-order valence-corrected chi connectivity index (χ2v) is 8.41. The summed E-state index contributed by atoms with van der Waals surface area (Å²) in [4.78, 5) is 25.0. The third-order valence-electron chi connectivity index (χ3n) is 5.74. The van der Waals surface area contributed by atoms with Crippen molar-refractivity contribution in [2.75, 3.05) is 43.9 Å². The van der Waals surface area contributed by atoms with E-state index in [1.807, 2.05) is 0 Å². The molecule has 1 saturated heterocycles. The number of urea groups is 1. The van der Waals surface area contributed by atoms with Gasteiger partial charge in [-0.1, -0.05) is 0 Å². The third-order valence-corrected chi connectivity index (χ3v) is 5.91. The molecule has 4 rings (SSSR count). The van der Waals surface area contributed by atoms with E-state index in [0.29, 0.717) is 61.9 Å². The minimum atomic E-state index is -4.51. The standard InChI is InChI=1S/C21H24ClF3N6O2/c1-12(13-8-14(21(23,24)25)10-15(26)9-13)27-18-16-11-31(3-2-17(16)28-19(22)29-18)20(32)30-4-6-33-7-5-30/h8-10,12H,2-7,11,26H2,1H3,(H,27,28,29)/t12-/m1/s1. The maximum atomic E-state index is 13.2. The van der Waals surface area contributed by atoms with Gasteiger partial charge in [0.1, 0.15) is 5.82 Å². The van der Waals surface area contributed by atoms with Crippen LogP contribution in [0.5, 0.6) is 0 Å². The van der Waals surface area contributed by atoms with Crippen LogP contribution in [0.3, 0.4) is 0 Å². The summed E-state index contributed by atoms with van der Waals surface area (Å²) in [7, 11) is 0. The van der Waals surface area contributed by atoms with E-state index in [1.165, 1.54) is 6.07 Å². The van der Waals surface area contributed by atoms with Gasteiger partial charge in [-0.25, -0.2) is 14.8 Å². The number of fused-ring (bicyclic) bond motifs is 1. The highest BCUT2D eigenvalue weighted by Gasteiger charge is 2.32. The van der Waals surface area contributed by atoms with Gasteiger partial charge in [0, 0.05) is 37.3 Å². The zero-order valence-electron chi connectivity index (χ0n) is 18.0. The lowest BCUT2D eigenvalue weighted by Crippen LogP contribution is -2.49. The van der Waals surface area contributed by atoms with Gasteiger partial charge in [0.25, 0.3) is 0 Å². The van der Waals surface area contributed by atoms with Crippen LogP contribution < -0.4 is 11.1 Å².